The van der Waals surface area contributed by atoms with Crippen LogP contribution >= 0.6 is 11.8 Å². The zero-order valence-electron chi connectivity index (χ0n) is 16.1. The fraction of sp³-hybridized carbons (Fsp3) is 0.261. The molecule has 1 fully saturated rings. The number of hydrogen-bond acceptors (Lipinski definition) is 4. The van der Waals surface area contributed by atoms with Crippen LogP contribution in [0.15, 0.2) is 84.2 Å². The van der Waals surface area contributed by atoms with E-state index >= 15 is 0 Å². The number of anilines is 1. The van der Waals surface area contributed by atoms with Crippen LogP contribution in [0, 0.1) is 0 Å². The van der Waals surface area contributed by atoms with Crippen LogP contribution in [0.25, 0.3) is 5.57 Å². The number of aromatic nitrogens is 1. The highest BCUT2D eigenvalue weighted by atomic mass is 32.2. The van der Waals surface area contributed by atoms with Crippen LogP contribution in [-0.2, 0) is 0 Å². The van der Waals surface area contributed by atoms with Crippen LogP contribution in [0.1, 0.15) is 12.5 Å². The second-order valence-corrected chi connectivity index (χ2v) is 7.34. The molecule has 3 nitrogen and oxygen atoms in total. The van der Waals surface area contributed by atoms with Gasteiger partial charge >= 0.3 is 0 Å². The fourth-order valence-corrected chi connectivity index (χ4v) is 3.69. The summed E-state index contributed by atoms with van der Waals surface area (Å²) in [5, 5.41) is 0. The van der Waals surface area contributed by atoms with Crippen LogP contribution in [-0.4, -0.2) is 42.3 Å². The molecule has 2 heterocycles. The van der Waals surface area contributed by atoms with Crippen molar-refractivity contribution >= 4 is 23.0 Å². The molecule has 1 saturated heterocycles. The SMILES string of the molecule is C=C(/C(=C\C=C/C)N1CCN(c2ccncc2)CC1)c1ccc(SC)cc1. The second kappa shape index (κ2) is 9.47. The van der Waals surface area contributed by atoms with E-state index < -0.39 is 0 Å². The number of thioether (sulfide) groups is 1. The van der Waals surface area contributed by atoms with E-state index in [1.54, 1.807) is 11.8 Å². The van der Waals surface area contributed by atoms with Gasteiger partial charge in [0.1, 0.15) is 0 Å². The molecule has 0 aliphatic carbocycles. The smallest absolute Gasteiger partial charge is 0.0441 e. The predicted octanol–water partition coefficient (Wildman–Crippen LogP) is 5.10. The average Bonchev–Trinajstić information content (AvgIpc) is 2.75. The molecule has 27 heavy (non-hydrogen) atoms. The minimum Gasteiger partial charge on any atom is -0.368 e. The van der Waals surface area contributed by atoms with Crippen LogP contribution in [0.5, 0.6) is 0 Å². The van der Waals surface area contributed by atoms with E-state index in [4.69, 9.17) is 0 Å². The first-order valence-electron chi connectivity index (χ1n) is 9.29. The van der Waals surface area contributed by atoms with Crippen molar-refractivity contribution in [2.45, 2.75) is 11.8 Å². The Labute approximate surface area is 167 Å². The molecule has 2 aromatic rings. The normalized spacial score (nSPS) is 15.4. The number of piperazine rings is 1. The fourth-order valence-electron chi connectivity index (χ4n) is 3.28. The number of allylic oxidation sites excluding steroid dienone is 4. The quantitative estimate of drug-likeness (QED) is 0.515. The number of benzene rings is 1. The average molecular weight is 378 g/mol. The van der Waals surface area contributed by atoms with Gasteiger partial charge in [-0.2, -0.15) is 0 Å². The first-order chi connectivity index (χ1) is 13.2. The monoisotopic (exact) mass is 377 g/mol. The van der Waals surface area contributed by atoms with Crippen molar-refractivity contribution < 1.29 is 0 Å². The van der Waals surface area contributed by atoms with Gasteiger partial charge in [-0.05, 0) is 54.7 Å². The molecule has 1 aliphatic heterocycles. The Morgan fingerprint density at radius 2 is 1.70 bits per heavy atom. The Bertz CT molecular complexity index is 801. The lowest BCUT2D eigenvalue weighted by Crippen LogP contribution is -2.46. The number of hydrogen-bond donors (Lipinski definition) is 0. The Balaban J connectivity index is 1.74. The summed E-state index contributed by atoms with van der Waals surface area (Å²) >= 11 is 1.76. The summed E-state index contributed by atoms with van der Waals surface area (Å²) in [7, 11) is 0. The summed E-state index contributed by atoms with van der Waals surface area (Å²) in [5.74, 6) is 0. The summed E-state index contributed by atoms with van der Waals surface area (Å²) < 4.78 is 0. The van der Waals surface area contributed by atoms with Crippen molar-refractivity contribution in [1.29, 1.82) is 0 Å². The van der Waals surface area contributed by atoms with Crippen LogP contribution in [0.2, 0.25) is 0 Å². The molecule has 1 aromatic carbocycles. The van der Waals surface area contributed by atoms with E-state index in [-0.39, 0.29) is 0 Å². The summed E-state index contributed by atoms with van der Waals surface area (Å²) in [6, 6.07) is 12.8. The molecule has 0 atom stereocenters. The summed E-state index contributed by atoms with van der Waals surface area (Å²) in [4.78, 5) is 10.3. The van der Waals surface area contributed by atoms with Gasteiger partial charge in [0.25, 0.3) is 0 Å². The van der Waals surface area contributed by atoms with Gasteiger partial charge in [-0.3, -0.25) is 4.98 Å². The third kappa shape index (κ3) is 4.83. The second-order valence-electron chi connectivity index (χ2n) is 6.46. The van der Waals surface area contributed by atoms with Crippen molar-refractivity contribution in [3.05, 3.63) is 84.9 Å². The minimum absolute atomic E-state index is 0.980. The van der Waals surface area contributed by atoms with E-state index in [1.165, 1.54) is 21.8 Å². The largest absolute Gasteiger partial charge is 0.368 e. The molecule has 0 radical (unpaired) electrons. The van der Waals surface area contributed by atoms with E-state index in [1.807, 2.05) is 19.3 Å². The molecule has 4 heteroatoms. The van der Waals surface area contributed by atoms with Gasteiger partial charge < -0.3 is 9.80 Å². The van der Waals surface area contributed by atoms with Gasteiger partial charge in [0.05, 0.1) is 0 Å². The third-order valence-corrected chi connectivity index (χ3v) is 5.59. The highest BCUT2D eigenvalue weighted by Crippen LogP contribution is 2.28. The van der Waals surface area contributed by atoms with E-state index in [0.717, 1.165) is 31.8 Å². The molecular formula is C23H27N3S. The maximum Gasteiger partial charge on any atom is 0.0441 e. The maximum absolute atomic E-state index is 4.41. The van der Waals surface area contributed by atoms with Crippen molar-refractivity contribution in [3.63, 3.8) is 0 Å². The van der Waals surface area contributed by atoms with E-state index in [9.17, 15) is 0 Å². The van der Waals surface area contributed by atoms with Crippen molar-refractivity contribution in [1.82, 2.24) is 9.88 Å². The molecule has 0 saturated carbocycles. The summed E-state index contributed by atoms with van der Waals surface area (Å²) in [5.41, 5.74) is 4.72. The molecule has 0 spiro atoms. The molecule has 0 unspecified atom stereocenters. The number of rotatable bonds is 6. The summed E-state index contributed by atoms with van der Waals surface area (Å²) in [6.07, 6.45) is 12.2. The van der Waals surface area contributed by atoms with Crippen LogP contribution in [0.3, 0.4) is 0 Å². The van der Waals surface area contributed by atoms with Crippen molar-refractivity contribution in [2.75, 3.05) is 37.3 Å². The number of pyridine rings is 1. The van der Waals surface area contributed by atoms with Gasteiger partial charge in [0.15, 0.2) is 0 Å². The molecular weight excluding hydrogens is 350 g/mol. The van der Waals surface area contributed by atoms with Crippen molar-refractivity contribution in [2.24, 2.45) is 0 Å². The molecule has 140 valence electrons. The molecule has 3 rings (SSSR count). The first kappa shape index (κ1) is 19.3. The highest BCUT2D eigenvalue weighted by Gasteiger charge is 2.20. The molecule has 1 aliphatic rings. The predicted molar refractivity (Wildman–Crippen MR) is 118 cm³/mol. The van der Waals surface area contributed by atoms with Gasteiger partial charge in [-0.15, -0.1) is 11.8 Å². The van der Waals surface area contributed by atoms with Gasteiger partial charge in [0, 0.05) is 54.9 Å². The van der Waals surface area contributed by atoms with Gasteiger partial charge in [0.2, 0.25) is 0 Å². The van der Waals surface area contributed by atoms with Crippen molar-refractivity contribution in [3.8, 4) is 0 Å². The van der Waals surface area contributed by atoms with Gasteiger partial charge in [-0.1, -0.05) is 30.9 Å². The summed E-state index contributed by atoms with van der Waals surface area (Å²) in [6.45, 7) is 10.4. The third-order valence-electron chi connectivity index (χ3n) is 4.84. The maximum atomic E-state index is 4.41. The Morgan fingerprint density at radius 3 is 2.30 bits per heavy atom. The standard InChI is InChI=1S/C23H27N3S/c1-4-5-6-23(19(2)20-7-9-22(27-3)10-8-20)26-17-15-25(16-18-26)21-11-13-24-14-12-21/h4-14H,2,15-18H2,1,3H3/b5-4-,23-6+. The number of nitrogens with zero attached hydrogens (tertiary/aromatic N) is 3. The van der Waals surface area contributed by atoms with Crippen LogP contribution in [0.4, 0.5) is 5.69 Å². The molecule has 0 amide bonds. The van der Waals surface area contributed by atoms with E-state index in [2.05, 4.69) is 82.2 Å². The lowest BCUT2D eigenvalue weighted by molar-refractivity contribution is 0.333. The van der Waals surface area contributed by atoms with Gasteiger partial charge in [-0.25, -0.2) is 0 Å². The van der Waals surface area contributed by atoms with E-state index in [0.29, 0.717) is 0 Å². The Morgan fingerprint density at radius 1 is 1.04 bits per heavy atom. The highest BCUT2D eigenvalue weighted by molar-refractivity contribution is 7.98. The lowest BCUT2D eigenvalue weighted by atomic mass is 10.0. The first-order valence-corrected chi connectivity index (χ1v) is 10.5. The van der Waals surface area contributed by atoms with Crippen LogP contribution < -0.4 is 4.90 Å². The Kier molecular flexibility index (Phi) is 6.77. The molecule has 0 bridgehead atoms. The minimum atomic E-state index is 0.980. The zero-order valence-corrected chi connectivity index (χ0v) is 17.0. The topological polar surface area (TPSA) is 19.4 Å². The zero-order chi connectivity index (χ0) is 19.1. The Hall–Kier alpha value is -2.46. The molecule has 0 N–H and O–H groups in total. The lowest BCUT2D eigenvalue weighted by Gasteiger charge is -2.39. The molecule has 1 aromatic heterocycles.